The normalized spacial score (nSPS) is 14.1. The Morgan fingerprint density at radius 3 is 1.88 bits per heavy atom. The molecule has 3 aromatic rings. The average molecular weight is 326 g/mol. The molecule has 2 heteroatoms. The first-order chi connectivity index (χ1) is 12.3. The number of nitriles is 1. The molecule has 0 saturated heterocycles. The van der Waals surface area contributed by atoms with Crippen molar-refractivity contribution in [3.63, 3.8) is 0 Å². The summed E-state index contributed by atoms with van der Waals surface area (Å²) in [5.41, 5.74) is 2.51. The predicted octanol–water partition coefficient (Wildman–Crippen LogP) is 5.71. The van der Waals surface area contributed by atoms with Gasteiger partial charge in [-0.15, -0.1) is 0 Å². The first-order valence-electron chi connectivity index (χ1n) is 8.63. The Kier molecular flexibility index (Phi) is 5.16. The summed E-state index contributed by atoms with van der Waals surface area (Å²) in [5.74, 6) is 0. The average Bonchev–Trinajstić information content (AvgIpc) is 2.71. The van der Waals surface area contributed by atoms with Crippen LogP contribution >= 0.6 is 0 Å². The van der Waals surface area contributed by atoms with E-state index in [0.717, 1.165) is 16.8 Å². The summed E-state index contributed by atoms with van der Waals surface area (Å²) in [6, 6.07) is 32.9. The van der Waals surface area contributed by atoms with Crippen LogP contribution in [-0.2, 0) is 5.41 Å². The Hall–Kier alpha value is -3.05. The minimum absolute atomic E-state index is 0.145. The van der Waals surface area contributed by atoms with E-state index in [-0.39, 0.29) is 6.04 Å². The zero-order valence-corrected chi connectivity index (χ0v) is 14.4. The van der Waals surface area contributed by atoms with E-state index in [0.29, 0.717) is 6.42 Å². The van der Waals surface area contributed by atoms with Crippen LogP contribution in [0, 0.1) is 11.3 Å². The molecule has 0 bridgehead atoms. The van der Waals surface area contributed by atoms with Gasteiger partial charge in [-0.1, -0.05) is 85.8 Å². The lowest BCUT2D eigenvalue weighted by molar-refractivity contribution is 0.454. The van der Waals surface area contributed by atoms with Crippen LogP contribution in [0.5, 0.6) is 0 Å². The lowest BCUT2D eigenvalue weighted by atomic mass is 9.70. The molecule has 0 heterocycles. The summed E-state index contributed by atoms with van der Waals surface area (Å²) >= 11 is 0. The molecule has 0 fully saturated rings. The van der Waals surface area contributed by atoms with Crippen molar-refractivity contribution in [3.8, 4) is 6.07 Å². The molecule has 0 radical (unpaired) electrons. The molecule has 25 heavy (non-hydrogen) atoms. The first-order valence-corrected chi connectivity index (χ1v) is 8.63. The molecule has 0 unspecified atom stereocenters. The number of hydrogen-bond acceptors (Lipinski definition) is 2. The SMILES string of the molecule is CC[C@@](C#N)(c1ccccc1)[C@@H](Nc1ccccc1)c1ccccc1. The number of anilines is 1. The third-order valence-electron chi connectivity index (χ3n) is 4.76. The molecule has 0 aliphatic rings. The Balaban J connectivity index is 2.13. The minimum Gasteiger partial charge on any atom is -0.376 e. The van der Waals surface area contributed by atoms with E-state index in [1.165, 1.54) is 0 Å². The highest BCUT2D eigenvalue weighted by molar-refractivity contribution is 5.50. The quantitative estimate of drug-likeness (QED) is 0.629. The van der Waals surface area contributed by atoms with E-state index in [1.807, 2.05) is 66.7 Å². The van der Waals surface area contributed by atoms with E-state index in [1.54, 1.807) is 0 Å². The van der Waals surface area contributed by atoms with Crippen molar-refractivity contribution in [2.75, 3.05) is 5.32 Å². The Morgan fingerprint density at radius 2 is 1.36 bits per heavy atom. The Bertz CT molecular complexity index is 822. The van der Waals surface area contributed by atoms with Gasteiger partial charge in [0, 0.05) is 5.69 Å². The monoisotopic (exact) mass is 326 g/mol. The van der Waals surface area contributed by atoms with Crippen LogP contribution in [0.1, 0.15) is 30.5 Å². The van der Waals surface area contributed by atoms with Gasteiger partial charge in [-0.25, -0.2) is 0 Å². The highest BCUT2D eigenvalue weighted by atomic mass is 14.9. The maximum atomic E-state index is 10.2. The summed E-state index contributed by atoms with van der Waals surface area (Å²) in [6.45, 7) is 2.08. The van der Waals surface area contributed by atoms with Gasteiger partial charge in [-0.2, -0.15) is 5.26 Å². The molecule has 2 atom stereocenters. The molecule has 3 aromatic carbocycles. The molecule has 0 amide bonds. The molecule has 0 aliphatic carbocycles. The molecule has 0 aromatic heterocycles. The number of nitrogens with zero attached hydrogens (tertiary/aromatic N) is 1. The summed E-state index contributed by atoms with van der Waals surface area (Å²) in [4.78, 5) is 0. The van der Waals surface area contributed by atoms with Gasteiger partial charge in [0.2, 0.25) is 0 Å². The van der Waals surface area contributed by atoms with Crippen molar-refractivity contribution in [2.45, 2.75) is 24.8 Å². The van der Waals surface area contributed by atoms with Gasteiger partial charge >= 0.3 is 0 Å². The van der Waals surface area contributed by atoms with E-state index >= 15 is 0 Å². The zero-order chi connectivity index (χ0) is 17.5. The fourth-order valence-corrected chi connectivity index (χ4v) is 3.36. The number of nitrogens with one attached hydrogen (secondary N) is 1. The van der Waals surface area contributed by atoms with Crippen LogP contribution < -0.4 is 5.32 Å². The van der Waals surface area contributed by atoms with Crippen LogP contribution in [0.2, 0.25) is 0 Å². The molecule has 2 nitrogen and oxygen atoms in total. The van der Waals surface area contributed by atoms with Crippen molar-refractivity contribution >= 4 is 5.69 Å². The third kappa shape index (κ3) is 3.41. The van der Waals surface area contributed by atoms with Gasteiger partial charge < -0.3 is 5.32 Å². The Labute approximate surface area is 149 Å². The molecule has 0 saturated carbocycles. The van der Waals surface area contributed by atoms with Gasteiger partial charge in [0.15, 0.2) is 0 Å². The van der Waals surface area contributed by atoms with E-state index in [9.17, 15) is 5.26 Å². The Morgan fingerprint density at radius 1 is 0.840 bits per heavy atom. The standard InChI is InChI=1S/C23H22N2/c1-2-23(18-24,20-14-8-4-9-15-20)22(19-12-6-3-7-13-19)25-21-16-10-5-11-17-21/h3-17,22,25H,2H2,1H3/t22-,23+/m0/s1. The third-order valence-corrected chi connectivity index (χ3v) is 4.76. The largest absolute Gasteiger partial charge is 0.376 e. The van der Waals surface area contributed by atoms with Crippen LogP contribution in [0.4, 0.5) is 5.69 Å². The van der Waals surface area contributed by atoms with Crippen LogP contribution in [0.3, 0.4) is 0 Å². The first kappa shape index (κ1) is 16.8. The molecule has 124 valence electrons. The second kappa shape index (κ2) is 7.68. The number of para-hydroxylation sites is 1. The molecule has 0 aliphatic heterocycles. The second-order valence-corrected chi connectivity index (χ2v) is 6.16. The van der Waals surface area contributed by atoms with Crippen molar-refractivity contribution in [1.29, 1.82) is 5.26 Å². The summed E-state index contributed by atoms with van der Waals surface area (Å²) in [6.07, 6.45) is 0.715. The fourth-order valence-electron chi connectivity index (χ4n) is 3.36. The zero-order valence-electron chi connectivity index (χ0n) is 14.4. The highest BCUT2D eigenvalue weighted by Gasteiger charge is 2.40. The van der Waals surface area contributed by atoms with Crippen LogP contribution in [0.25, 0.3) is 0 Å². The van der Waals surface area contributed by atoms with Crippen LogP contribution in [-0.4, -0.2) is 0 Å². The molecule has 1 N–H and O–H groups in total. The number of rotatable bonds is 6. The fraction of sp³-hybridized carbons (Fsp3) is 0.174. The molecular formula is C23H22N2. The summed E-state index contributed by atoms with van der Waals surface area (Å²) in [5, 5.41) is 13.9. The maximum absolute atomic E-state index is 10.2. The minimum atomic E-state index is -0.654. The van der Waals surface area contributed by atoms with E-state index < -0.39 is 5.41 Å². The lowest BCUT2D eigenvalue weighted by Gasteiger charge is -2.36. The smallest absolute Gasteiger partial charge is 0.106 e. The van der Waals surface area contributed by atoms with Crippen molar-refractivity contribution in [1.82, 2.24) is 0 Å². The molecule has 0 spiro atoms. The molecule has 3 rings (SSSR count). The second-order valence-electron chi connectivity index (χ2n) is 6.16. The van der Waals surface area contributed by atoms with Gasteiger partial charge in [0.25, 0.3) is 0 Å². The maximum Gasteiger partial charge on any atom is 0.106 e. The van der Waals surface area contributed by atoms with E-state index in [2.05, 4.69) is 42.6 Å². The van der Waals surface area contributed by atoms with Gasteiger partial charge in [-0.05, 0) is 29.7 Å². The van der Waals surface area contributed by atoms with Crippen LogP contribution in [0.15, 0.2) is 91.0 Å². The molecular weight excluding hydrogens is 304 g/mol. The lowest BCUT2D eigenvalue weighted by Crippen LogP contribution is -2.36. The summed E-state index contributed by atoms with van der Waals surface area (Å²) < 4.78 is 0. The van der Waals surface area contributed by atoms with E-state index in [4.69, 9.17) is 0 Å². The predicted molar refractivity (Wildman–Crippen MR) is 103 cm³/mol. The number of hydrogen-bond donors (Lipinski definition) is 1. The summed E-state index contributed by atoms with van der Waals surface area (Å²) in [7, 11) is 0. The van der Waals surface area contributed by atoms with Crippen molar-refractivity contribution < 1.29 is 0 Å². The van der Waals surface area contributed by atoms with Gasteiger partial charge in [-0.3, -0.25) is 0 Å². The van der Waals surface area contributed by atoms with Gasteiger partial charge in [0.1, 0.15) is 5.41 Å². The number of benzene rings is 3. The topological polar surface area (TPSA) is 35.8 Å². The van der Waals surface area contributed by atoms with Gasteiger partial charge in [0.05, 0.1) is 12.1 Å². The van der Waals surface area contributed by atoms with Crippen molar-refractivity contribution in [2.24, 2.45) is 0 Å². The van der Waals surface area contributed by atoms with Crippen molar-refractivity contribution in [3.05, 3.63) is 102 Å². The highest BCUT2D eigenvalue weighted by Crippen LogP contribution is 2.42.